The predicted molar refractivity (Wildman–Crippen MR) is 97.0 cm³/mol. The van der Waals surface area contributed by atoms with Crippen molar-refractivity contribution < 1.29 is 17.9 Å². The van der Waals surface area contributed by atoms with E-state index < -0.39 is 11.7 Å². The molecule has 0 aliphatic carbocycles. The smallest absolute Gasteiger partial charge is 0.417 e. The minimum Gasteiger partial charge on any atom is -0.472 e. The van der Waals surface area contributed by atoms with E-state index in [4.69, 9.17) is 4.74 Å². The fraction of sp³-hybridized carbons (Fsp3) is 0.412. The highest BCUT2D eigenvalue weighted by Crippen LogP contribution is 2.30. The van der Waals surface area contributed by atoms with E-state index in [0.29, 0.717) is 36.0 Å². The maximum atomic E-state index is 12.6. The number of aryl methyl sites for hydroxylation is 1. The summed E-state index contributed by atoms with van der Waals surface area (Å²) in [6.45, 7) is 3.08. The van der Waals surface area contributed by atoms with Crippen LogP contribution in [0.2, 0.25) is 0 Å². The molecule has 0 bridgehead atoms. The van der Waals surface area contributed by atoms with Crippen molar-refractivity contribution in [3.05, 3.63) is 46.0 Å². The summed E-state index contributed by atoms with van der Waals surface area (Å²) in [5.41, 5.74) is -0.312. The van der Waals surface area contributed by atoms with Crippen LogP contribution < -0.4 is 15.2 Å². The number of halogens is 3. The third kappa shape index (κ3) is 3.66. The van der Waals surface area contributed by atoms with Crippen LogP contribution in [-0.4, -0.2) is 38.8 Å². The second-order valence-corrected chi connectivity index (χ2v) is 7.31. The molecule has 0 amide bonds. The van der Waals surface area contributed by atoms with Crippen molar-refractivity contribution in [3.8, 4) is 5.88 Å². The van der Waals surface area contributed by atoms with E-state index in [0.717, 1.165) is 18.0 Å². The molecule has 0 aromatic carbocycles. The molecule has 1 aliphatic rings. The first kappa shape index (κ1) is 18.7. The van der Waals surface area contributed by atoms with Crippen LogP contribution in [0.5, 0.6) is 5.88 Å². The molecule has 148 valence electrons. The van der Waals surface area contributed by atoms with Gasteiger partial charge in [-0.3, -0.25) is 4.79 Å². The number of hydrogen-bond donors (Lipinski definition) is 0. The van der Waals surface area contributed by atoms with Crippen LogP contribution in [0.3, 0.4) is 0 Å². The lowest BCUT2D eigenvalue weighted by atomic mass is 10.3. The monoisotopic (exact) mass is 411 g/mol. The average molecular weight is 411 g/mol. The summed E-state index contributed by atoms with van der Waals surface area (Å²) in [5.74, 6) is 0.148. The van der Waals surface area contributed by atoms with E-state index in [2.05, 4.69) is 15.1 Å². The van der Waals surface area contributed by atoms with Gasteiger partial charge in [-0.2, -0.15) is 17.7 Å². The molecular weight excluding hydrogens is 395 g/mol. The minimum atomic E-state index is -4.42. The summed E-state index contributed by atoms with van der Waals surface area (Å²) < 4.78 is 44.8. The van der Waals surface area contributed by atoms with Gasteiger partial charge in [0, 0.05) is 37.0 Å². The third-order valence-corrected chi connectivity index (χ3v) is 5.39. The number of anilines is 1. The second kappa shape index (κ2) is 7.04. The Labute approximate surface area is 161 Å². The molecule has 1 aliphatic heterocycles. The molecule has 3 aromatic rings. The standard InChI is InChI=1S/C17H16F3N5O2S/c1-2-11-7-14(26)25-15(22-11)28-16(23-25)24-6-5-12(9-24)27-13-4-3-10(8-21-13)17(18,19)20/h3-4,7-8,12H,2,5-6,9H2,1H3. The number of ether oxygens (including phenoxy) is 1. The number of hydrogen-bond acceptors (Lipinski definition) is 7. The van der Waals surface area contributed by atoms with Gasteiger partial charge in [0.1, 0.15) is 6.10 Å². The van der Waals surface area contributed by atoms with Gasteiger partial charge in [0.05, 0.1) is 12.1 Å². The fourth-order valence-electron chi connectivity index (χ4n) is 2.94. The van der Waals surface area contributed by atoms with Crippen LogP contribution in [-0.2, 0) is 12.6 Å². The predicted octanol–water partition coefficient (Wildman–Crippen LogP) is 2.78. The van der Waals surface area contributed by atoms with Crippen molar-refractivity contribution in [3.63, 3.8) is 0 Å². The summed E-state index contributed by atoms with van der Waals surface area (Å²) >= 11 is 1.32. The number of fused-ring (bicyclic) bond motifs is 1. The molecule has 1 saturated heterocycles. The molecule has 1 atom stereocenters. The van der Waals surface area contributed by atoms with Gasteiger partial charge >= 0.3 is 6.18 Å². The molecule has 0 N–H and O–H groups in total. The van der Waals surface area contributed by atoms with Crippen molar-refractivity contribution in [1.82, 2.24) is 19.6 Å². The Balaban J connectivity index is 1.46. The highest BCUT2D eigenvalue weighted by Gasteiger charge is 2.31. The molecule has 7 nitrogen and oxygen atoms in total. The van der Waals surface area contributed by atoms with Crippen molar-refractivity contribution in [1.29, 1.82) is 0 Å². The molecule has 0 spiro atoms. The minimum absolute atomic E-state index is 0.148. The molecule has 28 heavy (non-hydrogen) atoms. The van der Waals surface area contributed by atoms with Gasteiger partial charge in [-0.05, 0) is 12.5 Å². The zero-order valence-corrected chi connectivity index (χ0v) is 15.6. The van der Waals surface area contributed by atoms with Crippen LogP contribution in [0, 0.1) is 0 Å². The fourth-order valence-corrected chi connectivity index (χ4v) is 3.90. The molecule has 4 heterocycles. The zero-order valence-electron chi connectivity index (χ0n) is 14.8. The summed E-state index contributed by atoms with van der Waals surface area (Å²) in [4.78, 5) is 22.8. The van der Waals surface area contributed by atoms with E-state index in [1.54, 1.807) is 0 Å². The molecule has 4 rings (SSSR count). The maximum absolute atomic E-state index is 12.6. The number of aromatic nitrogens is 4. The number of nitrogens with zero attached hydrogens (tertiary/aromatic N) is 5. The topological polar surface area (TPSA) is 72.6 Å². The van der Waals surface area contributed by atoms with E-state index in [1.165, 1.54) is 28.0 Å². The van der Waals surface area contributed by atoms with Crippen molar-refractivity contribution in [2.24, 2.45) is 0 Å². The molecule has 3 aromatic heterocycles. The van der Waals surface area contributed by atoms with Crippen LogP contribution in [0.4, 0.5) is 18.3 Å². The van der Waals surface area contributed by atoms with Gasteiger partial charge < -0.3 is 9.64 Å². The molecule has 0 radical (unpaired) electrons. The van der Waals surface area contributed by atoms with E-state index in [-0.39, 0.29) is 17.5 Å². The number of pyridine rings is 1. The van der Waals surface area contributed by atoms with E-state index >= 15 is 0 Å². The van der Waals surface area contributed by atoms with Gasteiger partial charge in [-0.1, -0.05) is 18.3 Å². The summed E-state index contributed by atoms with van der Waals surface area (Å²) in [6, 6.07) is 3.65. The SMILES string of the molecule is CCc1cc(=O)n2nc(N3CCC(Oc4ccc(C(F)(F)F)cn4)C3)sc2n1. The Morgan fingerprint density at radius 3 is 2.86 bits per heavy atom. The zero-order chi connectivity index (χ0) is 19.9. The maximum Gasteiger partial charge on any atom is 0.417 e. The first-order valence-electron chi connectivity index (χ1n) is 8.68. The quantitative estimate of drug-likeness (QED) is 0.658. The number of alkyl halides is 3. The lowest BCUT2D eigenvalue weighted by Crippen LogP contribution is -2.25. The van der Waals surface area contributed by atoms with Crippen molar-refractivity contribution >= 4 is 21.4 Å². The molecular formula is C17H16F3N5O2S. The Morgan fingerprint density at radius 2 is 2.18 bits per heavy atom. The van der Waals surface area contributed by atoms with Crippen molar-refractivity contribution in [2.75, 3.05) is 18.0 Å². The van der Waals surface area contributed by atoms with Gasteiger partial charge in [0.2, 0.25) is 16.0 Å². The largest absolute Gasteiger partial charge is 0.472 e. The first-order chi connectivity index (χ1) is 13.3. The first-order valence-corrected chi connectivity index (χ1v) is 9.50. The highest BCUT2D eigenvalue weighted by molar-refractivity contribution is 7.20. The molecule has 1 fully saturated rings. The Bertz CT molecular complexity index is 1050. The average Bonchev–Trinajstić information content (AvgIpc) is 3.28. The van der Waals surface area contributed by atoms with Gasteiger partial charge in [-0.15, -0.1) is 5.10 Å². The van der Waals surface area contributed by atoms with Crippen LogP contribution in [0.25, 0.3) is 4.96 Å². The Hall–Kier alpha value is -2.69. The lowest BCUT2D eigenvalue weighted by Gasteiger charge is -2.15. The summed E-state index contributed by atoms with van der Waals surface area (Å²) in [5, 5.41) is 5.00. The van der Waals surface area contributed by atoms with Gasteiger partial charge in [0.25, 0.3) is 5.56 Å². The Morgan fingerprint density at radius 1 is 1.36 bits per heavy atom. The van der Waals surface area contributed by atoms with E-state index in [1.807, 2.05) is 11.8 Å². The van der Waals surface area contributed by atoms with Crippen LogP contribution in [0.1, 0.15) is 24.6 Å². The highest BCUT2D eigenvalue weighted by atomic mass is 32.1. The molecule has 1 unspecified atom stereocenters. The number of rotatable bonds is 4. The normalized spacial score (nSPS) is 17.4. The third-order valence-electron chi connectivity index (χ3n) is 4.42. The van der Waals surface area contributed by atoms with Crippen LogP contribution >= 0.6 is 11.3 Å². The molecule has 0 saturated carbocycles. The Kier molecular flexibility index (Phi) is 4.69. The lowest BCUT2D eigenvalue weighted by molar-refractivity contribution is -0.137. The van der Waals surface area contributed by atoms with E-state index in [9.17, 15) is 18.0 Å². The van der Waals surface area contributed by atoms with Gasteiger partial charge in [0.15, 0.2) is 0 Å². The summed E-state index contributed by atoms with van der Waals surface area (Å²) in [7, 11) is 0. The summed E-state index contributed by atoms with van der Waals surface area (Å²) in [6.07, 6.45) is -2.56. The van der Waals surface area contributed by atoms with Crippen molar-refractivity contribution in [2.45, 2.75) is 32.0 Å². The van der Waals surface area contributed by atoms with Crippen LogP contribution in [0.15, 0.2) is 29.2 Å². The second-order valence-electron chi connectivity index (χ2n) is 6.38. The van der Waals surface area contributed by atoms with Gasteiger partial charge in [-0.25, -0.2) is 9.97 Å². The molecule has 11 heteroatoms.